The summed E-state index contributed by atoms with van der Waals surface area (Å²) < 4.78 is 0. The highest BCUT2D eigenvalue weighted by Gasteiger charge is 2.54. The van der Waals surface area contributed by atoms with E-state index in [1.807, 2.05) is 0 Å². The van der Waals surface area contributed by atoms with E-state index in [-0.39, 0.29) is 22.6 Å². The number of para-hydroxylation sites is 1. The van der Waals surface area contributed by atoms with Gasteiger partial charge in [0.05, 0.1) is 16.6 Å². The van der Waals surface area contributed by atoms with Gasteiger partial charge in [0.25, 0.3) is 0 Å². The van der Waals surface area contributed by atoms with Crippen LogP contribution in [-0.2, 0) is 4.79 Å². The number of hydrogen-bond donors (Lipinski definition) is 2. The number of aromatic hydroxyl groups is 1. The van der Waals surface area contributed by atoms with Crippen molar-refractivity contribution in [1.29, 1.82) is 0 Å². The van der Waals surface area contributed by atoms with Gasteiger partial charge in [0.2, 0.25) is 11.7 Å². The van der Waals surface area contributed by atoms with E-state index >= 15 is 0 Å². The van der Waals surface area contributed by atoms with Crippen LogP contribution in [0.2, 0.25) is 0 Å². The van der Waals surface area contributed by atoms with Crippen molar-refractivity contribution in [2.24, 2.45) is 28.3 Å². The van der Waals surface area contributed by atoms with E-state index in [4.69, 9.17) is 0 Å². The van der Waals surface area contributed by atoms with E-state index < -0.39 is 10.7 Å². The molecule has 5 rings (SSSR count). The number of hydrazone groups is 1. The highest BCUT2D eigenvalue weighted by molar-refractivity contribution is 5.88. The Morgan fingerprint density at radius 2 is 1.84 bits per heavy atom. The summed E-state index contributed by atoms with van der Waals surface area (Å²) in [5.74, 6) is 1.51. The zero-order valence-corrected chi connectivity index (χ0v) is 13.9. The van der Waals surface area contributed by atoms with E-state index in [2.05, 4.69) is 10.5 Å². The maximum Gasteiger partial charge on any atom is 0.311 e. The van der Waals surface area contributed by atoms with Crippen LogP contribution in [0.3, 0.4) is 0 Å². The van der Waals surface area contributed by atoms with Crippen molar-refractivity contribution in [3.63, 3.8) is 0 Å². The van der Waals surface area contributed by atoms with Gasteiger partial charge in [0.1, 0.15) is 0 Å². The summed E-state index contributed by atoms with van der Waals surface area (Å²) in [6.07, 6.45) is 7.89. The Morgan fingerprint density at radius 3 is 2.40 bits per heavy atom. The van der Waals surface area contributed by atoms with Gasteiger partial charge in [-0.1, -0.05) is 6.07 Å². The molecular weight excluding hydrogens is 322 g/mol. The second-order valence-electron chi connectivity index (χ2n) is 7.87. The van der Waals surface area contributed by atoms with E-state index in [0.717, 1.165) is 19.3 Å². The third kappa shape index (κ3) is 2.77. The molecule has 7 nitrogen and oxygen atoms in total. The number of nitro groups is 1. The minimum absolute atomic E-state index is 0.0484. The molecule has 25 heavy (non-hydrogen) atoms. The van der Waals surface area contributed by atoms with Crippen molar-refractivity contribution in [2.75, 3.05) is 0 Å². The number of carbonyl (C=O) groups excluding carboxylic acids is 1. The van der Waals surface area contributed by atoms with Gasteiger partial charge in [-0.2, -0.15) is 5.10 Å². The summed E-state index contributed by atoms with van der Waals surface area (Å²) >= 11 is 0. The molecule has 1 aromatic carbocycles. The lowest BCUT2D eigenvalue weighted by atomic mass is 9.49. The van der Waals surface area contributed by atoms with Gasteiger partial charge < -0.3 is 5.11 Å². The maximum atomic E-state index is 12.8. The van der Waals surface area contributed by atoms with Crippen molar-refractivity contribution >= 4 is 17.8 Å². The third-order valence-electron chi connectivity index (χ3n) is 6.13. The molecule has 132 valence electrons. The molecule has 0 heterocycles. The number of rotatable bonds is 4. The minimum Gasteiger partial charge on any atom is -0.502 e. The van der Waals surface area contributed by atoms with Crippen molar-refractivity contribution in [1.82, 2.24) is 5.43 Å². The fourth-order valence-electron chi connectivity index (χ4n) is 5.47. The Balaban J connectivity index is 1.47. The summed E-state index contributed by atoms with van der Waals surface area (Å²) in [7, 11) is 0. The van der Waals surface area contributed by atoms with Crippen molar-refractivity contribution < 1.29 is 14.8 Å². The van der Waals surface area contributed by atoms with Gasteiger partial charge in [0.15, 0.2) is 0 Å². The summed E-state index contributed by atoms with van der Waals surface area (Å²) in [4.78, 5) is 22.9. The van der Waals surface area contributed by atoms with E-state index in [9.17, 15) is 20.0 Å². The first kappa shape index (κ1) is 16.1. The molecule has 4 aliphatic rings. The second kappa shape index (κ2) is 5.82. The molecule has 4 bridgehead atoms. The zero-order valence-electron chi connectivity index (χ0n) is 13.9. The number of carbonyl (C=O) groups is 1. The molecule has 7 heteroatoms. The Kier molecular flexibility index (Phi) is 3.74. The van der Waals surface area contributed by atoms with Gasteiger partial charge >= 0.3 is 5.69 Å². The van der Waals surface area contributed by atoms with Crippen molar-refractivity contribution in [3.8, 4) is 5.75 Å². The molecule has 4 saturated carbocycles. The van der Waals surface area contributed by atoms with Crippen LogP contribution in [0, 0.1) is 33.3 Å². The van der Waals surface area contributed by atoms with Crippen LogP contribution in [0.1, 0.15) is 44.1 Å². The predicted molar refractivity (Wildman–Crippen MR) is 91.1 cm³/mol. The molecule has 0 unspecified atom stereocenters. The van der Waals surface area contributed by atoms with Crippen LogP contribution in [0.15, 0.2) is 23.3 Å². The standard InChI is InChI=1S/C18H21N3O4/c22-16-14(2-1-3-15(16)21(24)25)10-19-20-17(23)18-7-11-4-12(8-18)6-13(5-11)9-18/h1-3,10-13,22H,4-9H2,(H,20,23)/b19-10+. The molecule has 0 radical (unpaired) electrons. The second-order valence-corrected chi connectivity index (χ2v) is 7.87. The molecule has 0 atom stereocenters. The van der Waals surface area contributed by atoms with Gasteiger partial charge in [-0.05, 0) is 62.3 Å². The smallest absolute Gasteiger partial charge is 0.311 e. The number of phenols is 1. The first-order valence-corrected chi connectivity index (χ1v) is 8.77. The number of hydrogen-bond acceptors (Lipinski definition) is 5. The van der Waals surface area contributed by atoms with E-state index in [1.165, 1.54) is 43.7 Å². The van der Waals surface area contributed by atoms with Crippen molar-refractivity contribution in [3.05, 3.63) is 33.9 Å². The third-order valence-corrected chi connectivity index (χ3v) is 6.13. The minimum atomic E-state index is -0.652. The summed E-state index contributed by atoms with van der Waals surface area (Å²) in [5.41, 5.74) is 2.15. The molecule has 0 spiro atoms. The number of nitrogens with one attached hydrogen (secondary N) is 1. The van der Waals surface area contributed by atoms with Gasteiger partial charge in [0, 0.05) is 11.6 Å². The fourth-order valence-corrected chi connectivity index (χ4v) is 5.47. The van der Waals surface area contributed by atoms with Crippen LogP contribution >= 0.6 is 0 Å². The fraction of sp³-hybridized carbons (Fsp3) is 0.556. The average molecular weight is 343 g/mol. The Hall–Kier alpha value is -2.44. The number of amides is 1. The molecule has 4 aliphatic carbocycles. The number of nitrogens with zero attached hydrogens (tertiary/aromatic N) is 2. The van der Waals surface area contributed by atoms with E-state index in [1.54, 1.807) is 0 Å². The highest BCUT2D eigenvalue weighted by atomic mass is 16.6. The Labute approximate surface area is 145 Å². The highest BCUT2D eigenvalue weighted by Crippen LogP contribution is 2.60. The zero-order chi connectivity index (χ0) is 17.6. The molecule has 0 aromatic heterocycles. The van der Waals surface area contributed by atoms with Gasteiger partial charge in [-0.15, -0.1) is 0 Å². The molecule has 0 saturated heterocycles. The van der Waals surface area contributed by atoms with Crippen LogP contribution in [0.5, 0.6) is 5.75 Å². The molecular formula is C18H21N3O4. The van der Waals surface area contributed by atoms with Crippen LogP contribution in [0.25, 0.3) is 0 Å². The number of nitro benzene ring substituents is 1. The summed E-state index contributed by atoms with van der Waals surface area (Å²) in [5, 5.41) is 24.7. The quantitative estimate of drug-likeness (QED) is 0.498. The largest absolute Gasteiger partial charge is 0.502 e. The van der Waals surface area contributed by atoms with E-state index in [0.29, 0.717) is 17.8 Å². The Bertz CT molecular complexity index is 723. The van der Waals surface area contributed by atoms with Gasteiger partial charge in [-0.25, -0.2) is 5.43 Å². The lowest BCUT2D eigenvalue weighted by Crippen LogP contribution is -2.52. The molecule has 2 N–H and O–H groups in total. The van der Waals surface area contributed by atoms with Crippen molar-refractivity contribution in [2.45, 2.75) is 38.5 Å². The molecule has 4 fully saturated rings. The Morgan fingerprint density at radius 1 is 1.24 bits per heavy atom. The number of benzene rings is 1. The predicted octanol–water partition coefficient (Wildman–Crippen LogP) is 2.97. The normalized spacial score (nSPS) is 32.9. The summed E-state index contributed by atoms with van der Waals surface area (Å²) in [6, 6.07) is 4.21. The topological polar surface area (TPSA) is 105 Å². The SMILES string of the molecule is O=C(N/N=C/c1cccc([N+](=O)[O-])c1O)C12CC3CC(CC(C3)C1)C2. The molecule has 1 amide bonds. The van der Waals surface area contributed by atoms with Gasteiger partial charge in [-0.3, -0.25) is 14.9 Å². The monoisotopic (exact) mass is 343 g/mol. The molecule has 0 aliphatic heterocycles. The summed E-state index contributed by atoms with van der Waals surface area (Å²) in [6.45, 7) is 0. The number of phenolic OH excluding ortho intramolecular Hbond substituents is 1. The van der Waals surface area contributed by atoms with Crippen LogP contribution in [0.4, 0.5) is 5.69 Å². The van der Waals surface area contributed by atoms with Crippen LogP contribution < -0.4 is 5.43 Å². The first-order chi connectivity index (χ1) is 12.0. The lowest BCUT2D eigenvalue weighted by molar-refractivity contribution is -0.385. The first-order valence-electron chi connectivity index (χ1n) is 8.77. The maximum absolute atomic E-state index is 12.8. The lowest BCUT2D eigenvalue weighted by Gasteiger charge is -2.55. The molecule has 1 aromatic rings. The average Bonchev–Trinajstić information content (AvgIpc) is 2.54. The van der Waals surface area contributed by atoms with Crippen LogP contribution in [-0.4, -0.2) is 22.2 Å².